The lowest BCUT2D eigenvalue weighted by Crippen LogP contribution is -2.06. The normalized spacial score (nSPS) is 11.3. The average molecular weight is 363 g/mol. The van der Waals surface area contributed by atoms with E-state index in [0.717, 1.165) is 15.8 Å². The Labute approximate surface area is 136 Å². The Bertz CT molecular complexity index is 659. The van der Waals surface area contributed by atoms with Gasteiger partial charge < -0.3 is 0 Å². The fraction of sp³-hybridized carbons (Fsp3) is 0.125. The molecule has 1 aromatic carbocycles. The van der Waals surface area contributed by atoms with Gasteiger partial charge in [0.15, 0.2) is 5.13 Å². The molecule has 0 saturated heterocycles. The van der Waals surface area contributed by atoms with E-state index >= 15 is 0 Å². The van der Waals surface area contributed by atoms with Crippen LogP contribution < -0.4 is 5.32 Å². The molecule has 0 atom stereocenters. The SMILES string of the molecule is C/C=C/C=C/C(=O)Nc1ncc(Cc2ccc(Br)cc2)s1. The van der Waals surface area contributed by atoms with Crippen molar-refractivity contribution in [3.8, 4) is 0 Å². The van der Waals surface area contributed by atoms with E-state index in [0.29, 0.717) is 5.13 Å². The van der Waals surface area contributed by atoms with Crippen LogP contribution in [0.3, 0.4) is 0 Å². The van der Waals surface area contributed by atoms with Crippen LogP contribution in [0.25, 0.3) is 0 Å². The second kappa shape index (κ2) is 7.90. The van der Waals surface area contributed by atoms with Crippen molar-refractivity contribution in [3.63, 3.8) is 0 Å². The third-order valence-corrected chi connectivity index (χ3v) is 4.07. The molecule has 1 N–H and O–H groups in total. The number of allylic oxidation sites excluding steroid dienone is 3. The Balaban J connectivity index is 1.95. The standard InChI is InChI=1S/C16H15BrN2OS/c1-2-3-4-5-15(20)19-16-18-11-14(21-16)10-12-6-8-13(17)9-7-12/h2-9,11H,10H2,1H3,(H,18,19,20)/b3-2+,5-4+. The highest BCUT2D eigenvalue weighted by Crippen LogP contribution is 2.22. The first-order valence-electron chi connectivity index (χ1n) is 6.47. The minimum absolute atomic E-state index is 0.169. The smallest absolute Gasteiger partial charge is 0.250 e. The summed E-state index contributed by atoms with van der Waals surface area (Å²) in [6.07, 6.45) is 9.47. The lowest BCUT2D eigenvalue weighted by atomic mass is 10.1. The monoisotopic (exact) mass is 362 g/mol. The van der Waals surface area contributed by atoms with E-state index in [9.17, 15) is 4.79 Å². The molecule has 0 aliphatic heterocycles. The Hall–Kier alpha value is -1.72. The van der Waals surface area contributed by atoms with Crippen LogP contribution in [0.2, 0.25) is 0 Å². The Morgan fingerprint density at radius 2 is 2.10 bits per heavy atom. The van der Waals surface area contributed by atoms with Crippen LogP contribution in [-0.4, -0.2) is 10.9 Å². The number of carbonyl (C=O) groups excluding carboxylic acids is 1. The zero-order valence-corrected chi connectivity index (χ0v) is 13.9. The first-order valence-corrected chi connectivity index (χ1v) is 8.08. The highest BCUT2D eigenvalue weighted by molar-refractivity contribution is 9.10. The maximum Gasteiger partial charge on any atom is 0.250 e. The van der Waals surface area contributed by atoms with Gasteiger partial charge in [-0.2, -0.15) is 0 Å². The largest absolute Gasteiger partial charge is 0.298 e. The van der Waals surface area contributed by atoms with Gasteiger partial charge in [-0.1, -0.05) is 46.3 Å². The van der Waals surface area contributed by atoms with E-state index in [4.69, 9.17) is 0 Å². The molecule has 0 saturated carbocycles. The van der Waals surface area contributed by atoms with Crippen molar-refractivity contribution < 1.29 is 4.79 Å². The fourth-order valence-electron chi connectivity index (χ4n) is 1.65. The lowest BCUT2D eigenvalue weighted by Gasteiger charge is -1.98. The number of thiazole rings is 1. The van der Waals surface area contributed by atoms with Gasteiger partial charge in [-0.25, -0.2) is 4.98 Å². The third-order valence-electron chi connectivity index (χ3n) is 2.63. The number of aromatic nitrogens is 1. The topological polar surface area (TPSA) is 42.0 Å². The first-order chi connectivity index (χ1) is 10.2. The van der Waals surface area contributed by atoms with Crippen LogP contribution in [0.5, 0.6) is 0 Å². The number of rotatable bonds is 5. The molecule has 0 aliphatic carbocycles. The quantitative estimate of drug-likeness (QED) is 0.625. The number of amides is 1. The zero-order valence-electron chi connectivity index (χ0n) is 11.5. The van der Waals surface area contributed by atoms with Crippen molar-refractivity contribution in [3.05, 3.63) is 69.7 Å². The zero-order chi connectivity index (χ0) is 15.1. The van der Waals surface area contributed by atoms with Gasteiger partial charge in [0.1, 0.15) is 0 Å². The van der Waals surface area contributed by atoms with Crippen molar-refractivity contribution in [1.82, 2.24) is 4.98 Å². The molecule has 0 bridgehead atoms. The number of halogens is 1. The molecule has 3 nitrogen and oxygen atoms in total. The Kier molecular flexibility index (Phi) is 5.90. The van der Waals surface area contributed by atoms with Gasteiger partial charge in [-0.15, -0.1) is 11.3 Å². The molecule has 2 rings (SSSR count). The van der Waals surface area contributed by atoms with E-state index in [1.807, 2.05) is 25.1 Å². The molecule has 0 fully saturated rings. The maximum absolute atomic E-state index is 11.6. The van der Waals surface area contributed by atoms with Crippen molar-refractivity contribution in [2.75, 3.05) is 5.32 Å². The molecule has 2 aromatic rings. The van der Waals surface area contributed by atoms with E-state index in [1.54, 1.807) is 18.3 Å². The lowest BCUT2D eigenvalue weighted by molar-refractivity contribution is -0.111. The van der Waals surface area contributed by atoms with E-state index < -0.39 is 0 Å². The summed E-state index contributed by atoms with van der Waals surface area (Å²) in [6, 6.07) is 8.18. The summed E-state index contributed by atoms with van der Waals surface area (Å²) in [5.74, 6) is -0.169. The summed E-state index contributed by atoms with van der Waals surface area (Å²) in [5.41, 5.74) is 1.22. The average Bonchev–Trinajstić information content (AvgIpc) is 2.89. The van der Waals surface area contributed by atoms with Gasteiger partial charge >= 0.3 is 0 Å². The third kappa shape index (κ3) is 5.28. The predicted molar refractivity (Wildman–Crippen MR) is 91.6 cm³/mol. The minimum Gasteiger partial charge on any atom is -0.298 e. The van der Waals surface area contributed by atoms with Gasteiger partial charge in [0.05, 0.1) is 0 Å². The minimum atomic E-state index is -0.169. The number of anilines is 1. The summed E-state index contributed by atoms with van der Waals surface area (Å²) in [4.78, 5) is 17.0. The van der Waals surface area contributed by atoms with Gasteiger partial charge in [-0.3, -0.25) is 10.1 Å². The molecular formula is C16H15BrN2OS. The number of benzene rings is 1. The molecule has 0 unspecified atom stereocenters. The number of hydrogen-bond donors (Lipinski definition) is 1. The van der Waals surface area contributed by atoms with Gasteiger partial charge in [0, 0.05) is 28.0 Å². The first kappa shape index (κ1) is 15.7. The van der Waals surface area contributed by atoms with Crippen molar-refractivity contribution >= 4 is 38.3 Å². The highest BCUT2D eigenvalue weighted by atomic mass is 79.9. The van der Waals surface area contributed by atoms with Crippen LogP contribution in [0.15, 0.2) is 59.2 Å². The second-order valence-electron chi connectivity index (χ2n) is 4.31. The van der Waals surface area contributed by atoms with Gasteiger partial charge in [0.2, 0.25) is 5.91 Å². The van der Waals surface area contributed by atoms with Crippen LogP contribution in [-0.2, 0) is 11.2 Å². The highest BCUT2D eigenvalue weighted by Gasteiger charge is 2.05. The van der Waals surface area contributed by atoms with E-state index in [1.165, 1.54) is 23.0 Å². The summed E-state index contributed by atoms with van der Waals surface area (Å²) in [5, 5.41) is 3.38. The molecule has 0 spiro atoms. The van der Waals surface area contributed by atoms with Crippen LogP contribution in [0, 0.1) is 0 Å². The molecule has 1 amide bonds. The molecule has 0 radical (unpaired) electrons. The molecule has 1 heterocycles. The van der Waals surface area contributed by atoms with Crippen LogP contribution in [0.4, 0.5) is 5.13 Å². The van der Waals surface area contributed by atoms with Crippen LogP contribution >= 0.6 is 27.3 Å². The van der Waals surface area contributed by atoms with Gasteiger partial charge in [-0.05, 0) is 24.6 Å². The van der Waals surface area contributed by atoms with E-state index in [-0.39, 0.29) is 5.91 Å². The Morgan fingerprint density at radius 3 is 2.81 bits per heavy atom. The summed E-state index contributed by atoms with van der Waals surface area (Å²) in [7, 11) is 0. The summed E-state index contributed by atoms with van der Waals surface area (Å²) >= 11 is 4.91. The molecule has 0 aliphatic rings. The number of nitrogens with zero attached hydrogens (tertiary/aromatic N) is 1. The number of carbonyl (C=O) groups is 1. The van der Waals surface area contributed by atoms with Gasteiger partial charge in [0.25, 0.3) is 0 Å². The molecule has 21 heavy (non-hydrogen) atoms. The number of nitrogens with one attached hydrogen (secondary N) is 1. The van der Waals surface area contributed by atoms with Crippen molar-refractivity contribution in [1.29, 1.82) is 0 Å². The predicted octanol–water partition coefficient (Wildman–Crippen LogP) is 4.57. The van der Waals surface area contributed by atoms with Crippen molar-refractivity contribution in [2.24, 2.45) is 0 Å². The van der Waals surface area contributed by atoms with Crippen LogP contribution in [0.1, 0.15) is 17.4 Å². The van der Waals surface area contributed by atoms with E-state index in [2.05, 4.69) is 38.4 Å². The molecule has 1 aromatic heterocycles. The molecule has 5 heteroatoms. The van der Waals surface area contributed by atoms with Crippen molar-refractivity contribution in [2.45, 2.75) is 13.3 Å². The number of hydrogen-bond acceptors (Lipinski definition) is 3. The second-order valence-corrected chi connectivity index (χ2v) is 6.34. The molecule has 108 valence electrons. The maximum atomic E-state index is 11.6. The Morgan fingerprint density at radius 1 is 1.33 bits per heavy atom. The summed E-state index contributed by atoms with van der Waals surface area (Å²) < 4.78 is 1.07. The fourth-order valence-corrected chi connectivity index (χ4v) is 2.77. The molecular weight excluding hydrogens is 348 g/mol. The summed E-state index contributed by atoms with van der Waals surface area (Å²) in [6.45, 7) is 1.90.